The molecule has 1 aliphatic carbocycles. The summed E-state index contributed by atoms with van der Waals surface area (Å²) in [4.78, 5) is 25.0. The van der Waals surface area contributed by atoms with E-state index in [0.29, 0.717) is 12.1 Å². The van der Waals surface area contributed by atoms with Crippen LogP contribution in [-0.2, 0) is 14.8 Å². The molecule has 0 N–H and O–H groups in total. The summed E-state index contributed by atoms with van der Waals surface area (Å²) < 4.78 is 33.8. The number of ketones is 1. The first-order chi connectivity index (χ1) is 15.4. The van der Waals surface area contributed by atoms with Crippen LogP contribution in [0.3, 0.4) is 0 Å². The van der Waals surface area contributed by atoms with Crippen molar-refractivity contribution in [3.05, 3.63) is 65.2 Å². The first-order valence-electron chi connectivity index (χ1n) is 11.3. The van der Waals surface area contributed by atoms with Gasteiger partial charge in [-0.05, 0) is 55.2 Å². The molecule has 2 fully saturated rings. The Labute approximate surface area is 196 Å². The topological polar surface area (TPSA) is 80.8 Å². The van der Waals surface area contributed by atoms with Gasteiger partial charge in [0.2, 0.25) is 10.0 Å². The van der Waals surface area contributed by atoms with Crippen LogP contribution >= 0.6 is 0 Å². The second-order valence-electron chi connectivity index (χ2n) is 10.7. The Morgan fingerprint density at radius 2 is 1.73 bits per heavy atom. The minimum atomic E-state index is -3.76. The number of aryl methyl sites for hydroxylation is 1. The van der Waals surface area contributed by atoms with Gasteiger partial charge in [0.25, 0.3) is 0 Å². The van der Waals surface area contributed by atoms with Crippen molar-refractivity contribution in [2.24, 2.45) is 10.8 Å². The number of ether oxygens (including phenoxy) is 1. The Morgan fingerprint density at radius 1 is 1.03 bits per heavy atom. The molecule has 1 saturated carbocycles. The van der Waals surface area contributed by atoms with Crippen molar-refractivity contribution < 1.29 is 22.7 Å². The smallest absolute Gasteiger partial charge is 0.338 e. The van der Waals surface area contributed by atoms with Crippen molar-refractivity contribution in [3.63, 3.8) is 0 Å². The third kappa shape index (κ3) is 4.89. The van der Waals surface area contributed by atoms with Gasteiger partial charge in [0.05, 0.1) is 10.5 Å². The second kappa shape index (κ2) is 8.37. The number of benzene rings is 2. The van der Waals surface area contributed by atoms with Gasteiger partial charge in [-0.15, -0.1) is 0 Å². The second-order valence-corrected chi connectivity index (χ2v) is 12.5. The number of carbonyl (C=O) groups excluding carboxylic acids is 2. The highest BCUT2D eigenvalue weighted by Gasteiger charge is 2.53. The summed E-state index contributed by atoms with van der Waals surface area (Å²) >= 11 is 0. The quantitative estimate of drug-likeness (QED) is 0.455. The molecular weight excluding hydrogens is 438 g/mol. The molecular formula is C26H31NO5S. The number of carbonyl (C=O) groups is 2. The Balaban J connectivity index is 1.48. The molecule has 2 atom stereocenters. The Hall–Kier alpha value is -2.51. The molecule has 176 valence electrons. The first kappa shape index (κ1) is 23.6. The number of Topliss-reactive ketones (excluding diaryl/α,β-unsaturated/α-hetero) is 1. The largest absolute Gasteiger partial charge is 0.454 e. The van der Waals surface area contributed by atoms with Crippen LogP contribution in [0.15, 0.2) is 53.4 Å². The molecule has 1 heterocycles. The lowest BCUT2D eigenvalue weighted by molar-refractivity contribution is 0.0474. The van der Waals surface area contributed by atoms with E-state index in [0.717, 1.165) is 24.8 Å². The lowest BCUT2D eigenvalue weighted by Gasteiger charge is -2.39. The lowest BCUT2D eigenvalue weighted by Crippen LogP contribution is -2.37. The molecule has 2 bridgehead atoms. The fraction of sp³-hybridized carbons (Fsp3) is 0.462. The molecule has 4 rings (SSSR count). The van der Waals surface area contributed by atoms with Crippen LogP contribution in [0.4, 0.5) is 0 Å². The van der Waals surface area contributed by atoms with Gasteiger partial charge in [-0.1, -0.05) is 56.7 Å². The van der Waals surface area contributed by atoms with Crippen molar-refractivity contribution >= 4 is 21.8 Å². The summed E-state index contributed by atoms with van der Waals surface area (Å²) in [6, 6.07) is 12.9. The van der Waals surface area contributed by atoms with Crippen molar-refractivity contribution in [1.82, 2.24) is 4.31 Å². The maximum absolute atomic E-state index is 13.5. The highest BCUT2D eigenvalue weighted by atomic mass is 32.2. The van der Waals surface area contributed by atoms with Crippen molar-refractivity contribution in [2.45, 2.75) is 57.9 Å². The summed E-state index contributed by atoms with van der Waals surface area (Å²) in [5.41, 5.74) is 1.66. The molecule has 7 heteroatoms. The number of hydrogen-bond acceptors (Lipinski definition) is 5. The van der Waals surface area contributed by atoms with E-state index in [2.05, 4.69) is 20.8 Å². The summed E-state index contributed by atoms with van der Waals surface area (Å²) in [5.74, 6) is -1.03. The minimum Gasteiger partial charge on any atom is -0.454 e. The first-order valence-corrected chi connectivity index (χ1v) is 12.7. The van der Waals surface area contributed by atoms with Crippen LogP contribution in [0.2, 0.25) is 0 Å². The average Bonchev–Trinajstić information content (AvgIpc) is 3.01. The van der Waals surface area contributed by atoms with E-state index < -0.39 is 22.6 Å². The van der Waals surface area contributed by atoms with Crippen LogP contribution in [0.25, 0.3) is 0 Å². The Bertz CT molecular complexity index is 1190. The predicted octanol–water partition coefficient (Wildman–Crippen LogP) is 4.62. The van der Waals surface area contributed by atoms with E-state index in [9.17, 15) is 18.0 Å². The van der Waals surface area contributed by atoms with Gasteiger partial charge < -0.3 is 4.74 Å². The van der Waals surface area contributed by atoms with Crippen LogP contribution in [0, 0.1) is 17.8 Å². The van der Waals surface area contributed by atoms with Crippen LogP contribution < -0.4 is 0 Å². The molecule has 33 heavy (non-hydrogen) atoms. The zero-order valence-corrected chi connectivity index (χ0v) is 20.4. The molecule has 0 spiro atoms. The molecule has 0 amide bonds. The van der Waals surface area contributed by atoms with Crippen LogP contribution in [0.5, 0.6) is 0 Å². The molecule has 1 saturated heterocycles. The third-order valence-corrected chi connectivity index (χ3v) is 8.65. The molecule has 2 unspecified atom stereocenters. The summed E-state index contributed by atoms with van der Waals surface area (Å²) in [6.07, 6.45) is 2.67. The summed E-state index contributed by atoms with van der Waals surface area (Å²) in [5, 5.41) is 0. The average molecular weight is 470 g/mol. The lowest BCUT2D eigenvalue weighted by atomic mass is 9.65. The highest BCUT2D eigenvalue weighted by molar-refractivity contribution is 7.89. The van der Waals surface area contributed by atoms with E-state index in [1.165, 1.54) is 18.2 Å². The third-order valence-electron chi connectivity index (χ3n) is 6.75. The van der Waals surface area contributed by atoms with Gasteiger partial charge >= 0.3 is 5.97 Å². The highest BCUT2D eigenvalue weighted by Crippen LogP contribution is 2.53. The van der Waals surface area contributed by atoms with Crippen molar-refractivity contribution in [3.8, 4) is 0 Å². The molecule has 0 radical (unpaired) electrons. The predicted molar refractivity (Wildman–Crippen MR) is 126 cm³/mol. The van der Waals surface area contributed by atoms with E-state index >= 15 is 0 Å². The molecule has 6 nitrogen and oxygen atoms in total. The molecule has 0 aromatic heterocycles. The summed E-state index contributed by atoms with van der Waals surface area (Å²) in [7, 11) is -3.76. The van der Waals surface area contributed by atoms with E-state index in [1.54, 1.807) is 22.5 Å². The summed E-state index contributed by atoms with van der Waals surface area (Å²) in [6.45, 7) is 8.56. The fourth-order valence-electron chi connectivity index (χ4n) is 5.65. The molecule has 2 aliphatic rings. The van der Waals surface area contributed by atoms with Crippen molar-refractivity contribution in [2.75, 3.05) is 13.2 Å². The van der Waals surface area contributed by atoms with Crippen LogP contribution in [0.1, 0.15) is 66.3 Å². The zero-order chi connectivity index (χ0) is 24.0. The van der Waals surface area contributed by atoms with Crippen LogP contribution in [-0.4, -0.2) is 43.7 Å². The Morgan fingerprint density at radius 3 is 2.42 bits per heavy atom. The number of fused-ring (bicyclic) bond motifs is 2. The maximum atomic E-state index is 13.5. The standard InChI is InChI=1S/C26H31NO5S/c1-18-8-10-19(11-9-18)23(28)15-32-24(29)20-6-5-7-22(12-20)33(30,31)27-17-26(4)14-21(27)13-25(2,3)16-26/h5-12,21H,13-17H2,1-4H3. The number of nitrogens with zero attached hydrogens (tertiary/aromatic N) is 1. The molecule has 2 aromatic carbocycles. The van der Waals surface area contributed by atoms with E-state index in [4.69, 9.17) is 4.74 Å². The van der Waals surface area contributed by atoms with Gasteiger partial charge in [0.15, 0.2) is 12.4 Å². The molecule has 2 aromatic rings. The number of sulfonamides is 1. The normalized spacial score (nSPS) is 24.4. The van der Waals surface area contributed by atoms with Gasteiger partial charge in [0, 0.05) is 18.2 Å². The van der Waals surface area contributed by atoms with Gasteiger partial charge in [-0.25, -0.2) is 13.2 Å². The Kier molecular flexibility index (Phi) is 5.99. The van der Waals surface area contributed by atoms with Gasteiger partial charge in [-0.3, -0.25) is 4.79 Å². The monoisotopic (exact) mass is 469 g/mol. The van der Waals surface area contributed by atoms with Crippen molar-refractivity contribution in [1.29, 1.82) is 0 Å². The maximum Gasteiger partial charge on any atom is 0.338 e. The number of rotatable bonds is 6. The number of hydrogen-bond donors (Lipinski definition) is 0. The zero-order valence-electron chi connectivity index (χ0n) is 19.6. The number of esters is 1. The molecule has 1 aliphatic heterocycles. The minimum absolute atomic E-state index is 0.0353. The van der Waals surface area contributed by atoms with Gasteiger partial charge in [0.1, 0.15) is 0 Å². The van der Waals surface area contributed by atoms with E-state index in [1.807, 2.05) is 19.1 Å². The SMILES string of the molecule is Cc1ccc(C(=O)COC(=O)c2cccc(S(=O)(=O)N3CC4(C)CC3CC(C)(C)C4)c2)cc1. The van der Waals surface area contributed by atoms with E-state index in [-0.39, 0.29) is 33.1 Å². The van der Waals surface area contributed by atoms with Gasteiger partial charge in [-0.2, -0.15) is 4.31 Å². The fourth-order valence-corrected chi connectivity index (χ4v) is 7.47.